The third-order valence-electron chi connectivity index (χ3n) is 3.84. The number of H-pyrrole nitrogens is 2. The third-order valence-corrected chi connectivity index (χ3v) is 4.08. The summed E-state index contributed by atoms with van der Waals surface area (Å²) in [6.45, 7) is 0.319. The summed E-state index contributed by atoms with van der Waals surface area (Å²) in [4.78, 5) is 26.6. The summed E-state index contributed by atoms with van der Waals surface area (Å²) in [6, 6.07) is 12.3. The van der Waals surface area contributed by atoms with Crippen LogP contribution in [0.3, 0.4) is 0 Å². The van der Waals surface area contributed by atoms with E-state index in [1.54, 1.807) is 42.5 Å². The van der Waals surface area contributed by atoms with E-state index in [0.717, 1.165) is 16.6 Å². The van der Waals surface area contributed by atoms with E-state index in [9.17, 15) is 9.59 Å². The maximum absolute atomic E-state index is 12.2. The average Bonchev–Trinajstić information content (AvgIpc) is 2.94. The number of halogens is 1. The molecule has 0 radical (unpaired) electrons. The van der Waals surface area contributed by atoms with E-state index >= 15 is 0 Å². The second-order valence-electron chi connectivity index (χ2n) is 5.45. The van der Waals surface area contributed by atoms with Crippen molar-refractivity contribution < 1.29 is 4.52 Å². The highest BCUT2D eigenvalue weighted by Crippen LogP contribution is 2.19. The van der Waals surface area contributed by atoms with Crippen molar-refractivity contribution >= 4 is 39.2 Å². The van der Waals surface area contributed by atoms with E-state index in [2.05, 4.69) is 15.5 Å². The minimum Gasteiger partial charge on any atom is -0.381 e. The van der Waals surface area contributed by atoms with Crippen molar-refractivity contribution in [2.24, 2.45) is 0 Å². The first-order chi connectivity index (χ1) is 11.6. The molecule has 0 saturated carbocycles. The van der Waals surface area contributed by atoms with Gasteiger partial charge in [0.05, 0.1) is 5.39 Å². The Labute approximate surface area is 140 Å². The molecule has 0 fully saturated rings. The van der Waals surface area contributed by atoms with Crippen LogP contribution >= 0.6 is 11.6 Å². The fourth-order valence-corrected chi connectivity index (χ4v) is 2.79. The van der Waals surface area contributed by atoms with Gasteiger partial charge in [0.1, 0.15) is 0 Å². The molecular weight excluding hydrogens is 330 g/mol. The molecule has 0 bridgehead atoms. The lowest BCUT2D eigenvalue weighted by molar-refractivity contribution is 0.449. The van der Waals surface area contributed by atoms with Crippen LogP contribution in [0.5, 0.6) is 0 Å². The quantitative estimate of drug-likeness (QED) is 0.533. The van der Waals surface area contributed by atoms with Crippen molar-refractivity contribution in [2.75, 3.05) is 5.32 Å². The van der Waals surface area contributed by atoms with Crippen LogP contribution in [0, 0.1) is 0 Å². The molecule has 3 N–H and O–H groups in total. The fourth-order valence-electron chi connectivity index (χ4n) is 2.61. The highest BCUT2D eigenvalue weighted by Gasteiger charge is 2.06. The average molecular weight is 342 g/mol. The summed E-state index contributed by atoms with van der Waals surface area (Å²) >= 11 is 5.99. The Balaban J connectivity index is 1.65. The summed E-state index contributed by atoms with van der Waals surface area (Å²) in [5.74, 6) is 0. The number of aromatic nitrogens is 2. The molecule has 120 valence electrons. The molecule has 0 aliphatic rings. The minimum absolute atomic E-state index is 0.167. The smallest absolute Gasteiger partial charge is 0.287 e. The molecule has 2 heterocycles. The van der Waals surface area contributed by atoms with Gasteiger partial charge in [-0.3, -0.25) is 9.59 Å². The lowest BCUT2D eigenvalue weighted by Gasteiger charge is -2.07. The van der Waals surface area contributed by atoms with Crippen LogP contribution in [0.1, 0.15) is 5.56 Å². The number of nitrogens with one attached hydrogen (secondary N) is 3. The number of pyridine rings is 1. The predicted octanol–water partition coefficient (Wildman–Crippen LogP) is 3.23. The number of hydrogen-bond donors (Lipinski definition) is 3. The van der Waals surface area contributed by atoms with Crippen molar-refractivity contribution in [3.63, 3.8) is 0 Å². The number of hydrogen-bond acceptors (Lipinski definition) is 4. The summed E-state index contributed by atoms with van der Waals surface area (Å²) in [5, 5.41) is 7.36. The van der Waals surface area contributed by atoms with Gasteiger partial charge in [-0.1, -0.05) is 11.6 Å². The number of aromatic amines is 2. The molecule has 0 unspecified atom stereocenters. The van der Waals surface area contributed by atoms with Crippen LogP contribution in [0.15, 0.2) is 56.6 Å². The Morgan fingerprint density at radius 1 is 1.04 bits per heavy atom. The minimum atomic E-state index is -0.285. The molecule has 0 aliphatic heterocycles. The topological polar surface area (TPSA) is 90.9 Å². The Morgan fingerprint density at radius 2 is 1.92 bits per heavy atom. The summed E-state index contributed by atoms with van der Waals surface area (Å²) in [6.07, 6.45) is 0. The normalized spacial score (nSPS) is 11.2. The van der Waals surface area contributed by atoms with E-state index in [4.69, 9.17) is 16.1 Å². The van der Waals surface area contributed by atoms with E-state index in [1.807, 2.05) is 0 Å². The number of fused-ring (bicyclic) bond motifs is 2. The van der Waals surface area contributed by atoms with Gasteiger partial charge in [-0.25, -0.2) is 0 Å². The molecular formula is C17H12ClN3O3. The first-order valence-electron chi connectivity index (χ1n) is 7.27. The van der Waals surface area contributed by atoms with Crippen LogP contribution in [0.4, 0.5) is 5.69 Å². The largest absolute Gasteiger partial charge is 0.381 e. The maximum Gasteiger partial charge on any atom is 0.287 e. The van der Waals surface area contributed by atoms with E-state index in [1.165, 1.54) is 0 Å². The van der Waals surface area contributed by atoms with Gasteiger partial charge >= 0.3 is 0 Å². The van der Waals surface area contributed by atoms with Crippen LogP contribution < -0.4 is 16.4 Å². The molecule has 7 heteroatoms. The molecule has 0 aliphatic carbocycles. The van der Waals surface area contributed by atoms with Crippen molar-refractivity contribution in [2.45, 2.75) is 6.54 Å². The summed E-state index contributed by atoms with van der Waals surface area (Å²) in [5.41, 5.74) is 2.07. The SMILES string of the molecule is O=c1[nH]c2ccc(Cl)cc2cc1CNc1ccc2o[nH]c(=O)c2c1. The van der Waals surface area contributed by atoms with Crippen molar-refractivity contribution in [3.8, 4) is 0 Å². The number of benzene rings is 2. The lowest BCUT2D eigenvalue weighted by Crippen LogP contribution is -2.15. The molecule has 0 amide bonds. The summed E-state index contributed by atoms with van der Waals surface area (Å²) < 4.78 is 5.01. The number of rotatable bonds is 3. The lowest BCUT2D eigenvalue weighted by atomic mass is 10.1. The van der Waals surface area contributed by atoms with Gasteiger partial charge in [-0.2, -0.15) is 5.16 Å². The molecule has 4 aromatic rings. The molecule has 0 atom stereocenters. The van der Waals surface area contributed by atoms with Crippen LogP contribution in [-0.4, -0.2) is 10.1 Å². The van der Waals surface area contributed by atoms with Gasteiger partial charge in [-0.05, 0) is 42.5 Å². The molecule has 2 aromatic heterocycles. The standard InChI is InChI=1S/C17H12ClN3O3/c18-11-1-3-14-9(6-11)5-10(16(22)20-14)8-19-12-2-4-15-13(7-12)17(23)21-24-15/h1-7,19H,8H2,(H,20,22)(H,21,23). The van der Waals surface area contributed by atoms with Gasteiger partial charge in [0.2, 0.25) is 0 Å². The Bertz CT molecular complexity index is 1170. The molecule has 0 spiro atoms. The first-order valence-corrected chi connectivity index (χ1v) is 7.64. The molecule has 4 rings (SSSR count). The van der Waals surface area contributed by atoms with E-state index < -0.39 is 0 Å². The van der Waals surface area contributed by atoms with Gasteiger partial charge in [0.15, 0.2) is 5.58 Å². The third kappa shape index (κ3) is 2.57. The van der Waals surface area contributed by atoms with Crippen LogP contribution in [-0.2, 0) is 6.54 Å². The zero-order chi connectivity index (χ0) is 16.7. The zero-order valence-corrected chi connectivity index (χ0v) is 13.1. The van der Waals surface area contributed by atoms with E-state index in [0.29, 0.717) is 28.1 Å². The van der Waals surface area contributed by atoms with Crippen molar-refractivity contribution in [1.82, 2.24) is 10.1 Å². The fraction of sp³-hybridized carbons (Fsp3) is 0.0588. The zero-order valence-electron chi connectivity index (χ0n) is 12.4. The van der Waals surface area contributed by atoms with Crippen molar-refractivity contribution in [3.05, 3.63) is 73.8 Å². The monoisotopic (exact) mass is 341 g/mol. The molecule has 0 saturated heterocycles. The highest BCUT2D eigenvalue weighted by atomic mass is 35.5. The van der Waals surface area contributed by atoms with Gasteiger partial charge in [-0.15, -0.1) is 0 Å². The summed E-state index contributed by atoms with van der Waals surface area (Å²) in [7, 11) is 0. The second kappa shape index (κ2) is 5.58. The van der Waals surface area contributed by atoms with Gasteiger partial charge in [0, 0.05) is 33.7 Å². The predicted molar refractivity (Wildman–Crippen MR) is 93.7 cm³/mol. The number of anilines is 1. The maximum atomic E-state index is 12.2. The van der Waals surface area contributed by atoms with Gasteiger partial charge in [0.25, 0.3) is 11.1 Å². The highest BCUT2D eigenvalue weighted by molar-refractivity contribution is 6.31. The second-order valence-corrected chi connectivity index (χ2v) is 5.89. The van der Waals surface area contributed by atoms with Crippen LogP contribution in [0.25, 0.3) is 21.9 Å². The Kier molecular flexibility index (Phi) is 3.39. The first kappa shape index (κ1) is 14.6. The van der Waals surface area contributed by atoms with Gasteiger partial charge < -0.3 is 14.8 Å². The molecule has 24 heavy (non-hydrogen) atoms. The van der Waals surface area contributed by atoms with Crippen molar-refractivity contribution in [1.29, 1.82) is 0 Å². The molecule has 2 aromatic carbocycles. The molecule has 6 nitrogen and oxygen atoms in total. The Morgan fingerprint density at radius 3 is 2.79 bits per heavy atom. The Hall–Kier alpha value is -2.99. The van der Waals surface area contributed by atoms with E-state index in [-0.39, 0.29) is 11.1 Å². The van der Waals surface area contributed by atoms with Crippen LogP contribution in [0.2, 0.25) is 5.02 Å².